The maximum Gasteiger partial charge on any atom is 0.387 e. The molecule has 22 heavy (non-hydrogen) atoms. The first-order chi connectivity index (χ1) is 10.5. The molecule has 1 unspecified atom stereocenters. The van der Waals surface area contributed by atoms with Crippen molar-refractivity contribution in [3.63, 3.8) is 0 Å². The van der Waals surface area contributed by atoms with Crippen LogP contribution in [0.25, 0.3) is 5.57 Å². The van der Waals surface area contributed by atoms with Gasteiger partial charge in [0.25, 0.3) is 0 Å². The molecule has 4 nitrogen and oxygen atoms in total. The number of carbonyl (C=O) groups is 1. The highest BCUT2D eigenvalue weighted by molar-refractivity contribution is 5.95. The molecular formula is C16H21F2NO3. The van der Waals surface area contributed by atoms with Crippen LogP contribution in [-0.4, -0.2) is 30.3 Å². The van der Waals surface area contributed by atoms with E-state index in [0.29, 0.717) is 24.0 Å². The average Bonchev–Trinajstić information content (AvgIpc) is 2.46. The van der Waals surface area contributed by atoms with Gasteiger partial charge in [0.1, 0.15) is 5.75 Å². The highest BCUT2D eigenvalue weighted by Gasteiger charge is 2.12. The number of hydrogen-bond acceptors (Lipinski definition) is 3. The van der Waals surface area contributed by atoms with Gasteiger partial charge in [-0.15, -0.1) is 0 Å². The Bertz CT molecular complexity index is 518. The first-order valence-electron chi connectivity index (χ1n) is 7.11. The predicted octanol–water partition coefficient (Wildman–Crippen LogP) is 2.97. The lowest BCUT2D eigenvalue weighted by atomic mass is 10.1. The third kappa shape index (κ3) is 5.81. The molecule has 0 saturated carbocycles. The van der Waals surface area contributed by atoms with E-state index in [0.717, 1.165) is 0 Å². The fourth-order valence-corrected chi connectivity index (χ4v) is 2.04. The Hall–Kier alpha value is -1.95. The number of aliphatic hydroxyl groups is 1. The molecule has 1 atom stereocenters. The zero-order valence-corrected chi connectivity index (χ0v) is 12.7. The van der Waals surface area contributed by atoms with Crippen molar-refractivity contribution >= 4 is 11.5 Å². The molecule has 6 heteroatoms. The van der Waals surface area contributed by atoms with E-state index < -0.39 is 6.61 Å². The number of aliphatic hydroxyl groups excluding tert-OH is 1. The van der Waals surface area contributed by atoms with Gasteiger partial charge in [0, 0.05) is 24.3 Å². The summed E-state index contributed by atoms with van der Waals surface area (Å²) in [6, 6.07) is 6.19. The number of hydrogen-bond donors (Lipinski definition) is 2. The normalized spacial score (nSPS) is 13.1. The van der Waals surface area contributed by atoms with E-state index in [2.05, 4.69) is 10.1 Å². The molecule has 0 spiro atoms. The minimum absolute atomic E-state index is 0.00740. The van der Waals surface area contributed by atoms with Crippen molar-refractivity contribution in [1.29, 1.82) is 0 Å². The fourth-order valence-electron chi connectivity index (χ4n) is 2.04. The Labute approximate surface area is 128 Å². The summed E-state index contributed by atoms with van der Waals surface area (Å²) in [5.41, 5.74) is 0.959. The molecule has 0 radical (unpaired) electrons. The number of alkyl halides is 2. The van der Waals surface area contributed by atoms with Crippen molar-refractivity contribution < 1.29 is 23.4 Å². The van der Waals surface area contributed by atoms with E-state index in [9.17, 15) is 13.6 Å². The summed E-state index contributed by atoms with van der Waals surface area (Å²) < 4.78 is 29.2. The SMILES string of the molecule is CCC(CCO)NC(=O)/C=C(/C)c1ccccc1OC(F)F. The standard InChI is InChI=1S/C16H21F2NO3/c1-3-12(8-9-20)19-15(21)10-11(2)13-6-4-5-7-14(13)22-16(17)18/h4-7,10,12,16,20H,3,8-9H2,1-2H3,(H,19,21)/b11-10-. The van der Waals surface area contributed by atoms with Crippen molar-refractivity contribution in [3.05, 3.63) is 35.9 Å². The highest BCUT2D eigenvalue weighted by Crippen LogP contribution is 2.26. The van der Waals surface area contributed by atoms with Crippen molar-refractivity contribution in [1.82, 2.24) is 5.32 Å². The van der Waals surface area contributed by atoms with Gasteiger partial charge in [0.2, 0.25) is 5.91 Å². The molecule has 0 bridgehead atoms. The summed E-state index contributed by atoms with van der Waals surface area (Å²) in [5, 5.41) is 11.7. The number of amides is 1. The van der Waals surface area contributed by atoms with E-state index in [1.54, 1.807) is 25.1 Å². The lowest BCUT2D eigenvalue weighted by molar-refractivity contribution is -0.117. The smallest absolute Gasteiger partial charge is 0.387 e. The van der Waals surface area contributed by atoms with Crippen molar-refractivity contribution in [3.8, 4) is 5.75 Å². The topological polar surface area (TPSA) is 58.6 Å². The van der Waals surface area contributed by atoms with Crippen LogP contribution in [0.1, 0.15) is 32.3 Å². The molecule has 122 valence electrons. The quantitative estimate of drug-likeness (QED) is 0.725. The molecule has 0 saturated heterocycles. The number of ether oxygens (including phenoxy) is 1. The van der Waals surface area contributed by atoms with Crippen LogP contribution in [0.2, 0.25) is 0 Å². The monoisotopic (exact) mass is 313 g/mol. The van der Waals surface area contributed by atoms with Crippen molar-refractivity contribution in [2.75, 3.05) is 6.61 Å². The second kappa shape index (κ2) is 9.15. The second-order valence-corrected chi connectivity index (χ2v) is 4.83. The van der Waals surface area contributed by atoms with Crippen LogP contribution in [0.5, 0.6) is 5.75 Å². The van der Waals surface area contributed by atoms with Crippen molar-refractivity contribution in [2.45, 2.75) is 39.3 Å². The lowest BCUT2D eigenvalue weighted by Gasteiger charge is -2.15. The molecule has 2 N–H and O–H groups in total. The van der Waals surface area contributed by atoms with Gasteiger partial charge >= 0.3 is 6.61 Å². The van der Waals surface area contributed by atoms with Crippen LogP contribution in [-0.2, 0) is 4.79 Å². The maximum atomic E-state index is 12.4. The number of allylic oxidation sites excluding steroid dienone is 1. The third-order valence-corrected chi connectivity index (χ3v) is 3.19. The molecule has 0 aliphatic heterocycles. The summed E-state index contributed by atoms with van der Waals surface area (Å²) in [7, 11) is 0. The van der Waals surface area contributed by atoms with Gasteiger partial charge in [-0.05, 0) is 31.4 Å². The Balaban J connectivity index is 2.86. The zero-order chi connectivity index (χ0) is 16.5. The molecule has 0 heterocycles. The first kappa shape index (κ1) is 18.1. The summed E-state index contributed by atoms with van der Waals surface area (Å²) in [5.74, 6) is -0.300. The van der Waals surface area contributed by atoms with E-state index in [1.807, 2.05) is 6.92 Å². The molecule has 1 aromatic rings. The number of rotatable bonds is 8. The Morgan fingerprint density at radius 3 is 2.68 bits per heavy atom. The Morgan fingerprint density at radius 2 is 2.09 bits per heavy atom. The van der Waals surface area contributed by atoms with Gasteiger partial charge in [0.05, 0.1) is 0 Å². The van der Waals surface area contributed by atoms with E-state index in [4.69, 9.17) is 5.11 Å². The van der Waals surface area contributed by atoms with E-state index >= 15 is 0 Å². The largest absolute Gasteiger partial charge is 0.434 e. The van der Waals surface area contributed by atoms with Gasteiger partial charge in [-0.2, -0.15) is 8.78 Å². The summed E-state index contributed by atoms with van der Waals surface area (Å²) in [6.07, 6.45) is 2.51. The highest BCUT2D eigenvalue weighted by atomic mass is 19.3. The minimum Gasteiger partial charge on any atom is -0.434 e. The molecule has 1 rings (SSSR count). The van der Waals surface area contributed by atoms with E-state index in [-0.39, 0.29) is 24.3 Å². The second-order valence-electron chi connectivity index (χ2n) is 4.83. The third-order valence-electron chi connectivity index (χ3n) is 3.19. The van der Waals surface area contributed by atoms with Crippen LogP contribution < -0.4 is 10.1 Å². The average molecular weight is 313 g/mol. The first-order valence-corrected chi connectivity index (χ1v) is 7.11. The minimum atomic E-state index is -2.92. The number of halogens is 2. The van der Waals surface area contributed by atoms with Crippen LogP contribution in [0.15, 0.2) is 30.3 Å². The molecule has 1 aromatic carbocycles. The zero-order valence-electron chi connectivity index (χ0n) is 12.7. The Morgan fingerprint density at radius 1 is 1.41 bits per heavy atom. The number of para-hydroxylation sites is 1. The maximum absolute atomic E-state index is 12.4. The van der Waals surface area contributed by atoms with Gasteiger partial charge in [-0.1, -0.05) is 25.1 Å². The summed E-state index contributed by atoms with van der Waals surface area (Å²) >= 11 is 0. The molecule has 0 fully saturated rings. The summed E-state index contributed by atoms with van der Waals surface area (Å²) in [4.78, 5) is 11.9. The molecule has 0 aliphatic carbocycles. The van der Waals surface area contributed by atoms with Crippen LogP contribution in [0, 0.1) is 0 Å². The molecular weight excluding hydrogens is 292 g/mol. The number of benzene rings is 1. The van der Waals surface area contributed by atoms with Crippen LogP contribution in [0.3, 0.4) is 0 Å². The van der Waals surface area contributed by atoms with Crippen LogP contribution >= 0.6 is 0 Å². The fraction of sp³-hybridized carbons (Fsp3) is 0.438. The summed E-state index contributed by atoms with van der Waals surface area (Å²) in [6.45, 7) is 0.632. The number of carbonyl (C=O) groups excluding carboxylic acids is 1. The lowest BCUT2D eigenvalue weighted by Crippen LogP contribution is -2.33. The van der Waals surface area contributed by atoms with Gasteiger partial charge in [0.15, 0.2) is 0 Å². The van der Waals surface area contributed by atoms with Crippen LogP contribution in [0.4, 0.5) is 8.78 Å². The van der Waals surface area contributed by atoms with Crippen molar-refractivity contribution in [2.24, 2.45) is 0 Å². The van der Waals surface area contributed by atoms with Gasteiger partial charge in [-0.25, -0.2) is 0 Å². The Kier molecular flexibility index (Phi) is 7.52. The number of nitrogens with one attached hydrogen (secondary N) is 1. The predicted molar refractivity (Wildman–Crippen MR) is 80.6 cm³/mol. The molecule has 0 aliphatic rings. The van der Waals surface area contributed by atoms with E-state index in [1.165, 1.54) is 12.1 Å². The van der Waals surface area contributed by atoms with Gasteiger partial charge in [-0.3, -0.25) is 4.79 Å². The van der Waals surface area contributed by atoms with Gasteiger partial charge < -0.3 is 15.2 Å². The molecule has 1 amide bonds. The molecule has 0 aromatic heterocycles.